The van der Waals surface area contributed by atoms with Crippen LogP contribution in [0.2, 0.25) is 0 Å². The number of carbonyl (C=O) groups is 1. The highest BCUT2D eigenvalue weighted by Crippen LogP contribution is 2.32. The molecule has 1 aliphatic heterocycles. The van der Waals surface area contributed by atoms with Crippen molar-refractivity contribution in [1.82, 2.24) is 9.78 Å². The highest BCUT2D eigenvalue weighted by atomic mass is 19.1. The number of hydrogen-bond donors (Lipinski definition) is 1. The van der Waals surface area contributed by atoms with Crippen LogP contribution >= 0.6 is 0 Å². The smallest absolute Gasteiger partial charge is 0.257 e. The SMILES string of the molecule is Cc1cc(NC(=O)c2ccc3c(c2)OCO3)nn1Cc1ccccc1F. The van der Waals surface area contributed by atoms with E-state index in [4.69, 9.17) is 9.47 Å². The Hall–Kier alpha value is -3.35. The van der Waals surface area contributed by atoms with Gasteiger partial charge in [0.25, 0.3) is 5.91 Å². The Balaban J connectivity index is 1.50. The minimum absolute atomic E-state index is 0.153. The first-order valence-electron chi connectivity index (χ1n) is 8.09. The number of anilines is 1. The third-order valence-electron chi connectivity index (χ3n) is 4.14. The van der Waals surface area contributed by atoms with Gasteiger partial charge in [0.2, 0.25) is 6.79 Å². The third kappa shape index (κ3) is 3.11. The number of halogens is 1. The van der Waals surface area contributed by atoms with Crippen molar-refractivity contribution in [2.45, 2.75) is 13.5 Å². The summed E-state index contributed by atoms with van der Waals surface area (Å²) in [5.74, 6) is 0.971. The molecule has 0 bridgehead atoms. The Morgan fingerprint density at radius 3 is 2.85 bits per heavy atom. The maximum atomic E-state index is 13.8. The third-order valence-corrected chi connectivity index (χ3v) is 4.14. The van der Waals surface area contributed by atoms with Crippen molar-refractivity contribution in [2.24, 2.45) is 0 Å². The molecule has 4 rings (SSSR count). The van der Waals surface area contributed by atoms with Crippen LogP contribution in [-0.2, 0) is 6.54 Å². The van der Waals surface area contributed by atoms with Gasteiger partial charge in [0.15, 0.2) is 17.3 Å². The molecule has 0 spiro atoms. The van der Waals surface area contributed by atoms with E-state index >= 15 is 0 Å². The molecule has 1 N–H and O–H groups in total. The molecule has 3 aromatic rings. The number of ether oxygens (including phenoxy) is 2. The number of rotatable bonds is 4. The van der Waals surface area contributed by atoms with Crippen LogP contribution in [0.15, 0.2) is 48.5 Å². The Labute approximate surface area is 149 Å². The molecule has 0 saturated heterocycles. The average molecular weight is 353 g/mol. The van der Waals surface area contributed by atoms with Gasteiger partial charge in [-0.3, -0.25) is 9.48 Å². The van der Waals surface area contributed by atoms with Crippen LogP contribution in [0, 0.1) is 12.7 Å². The lowest BCUT2D eigenvalue weighted by Gasteiger charge is -2.06. The van der Waals surface area contributed by atoms with E-state index in [9.17, 15) is 9.18 Å². The second-order valence-corrected chi connectivity index (χ2v) is 5.94. The molecule has 2 heterocycles. The van der Waals surface area contributed by atoms with Crippen molar-refractivity contribution in [3.05, 3.63) is 71.2 Å². The van der Waals surface area contributed by atoms with E-state index in [-0.39, 0.29) is 18.5 Å². The largest absolute Gasteiger partial charge is 0.454 e. The van der Waals surface area contributed by atoms with Crippen molar-refractivity contribution in [2.75, 3.05) is 12.1 Å². The number of benzene rings is 2. The van der Waals surface area contributed by atoms with Gasteiger partial charge in [-0.25, -0.2) is 4.39 Å². The quantitative estimate of drug-likeness (QED) is 0.781. The van der Waals surface area contributed by atoms with E-state index in [0.29, 0.717) is 35.0 Å². The number of hydrogen-bond acceptors (Lipinski definition) is 4. The second kappa shape index (κ2) is 6.51. The summed E-state index contributed by atoms with van der Waals surface area (Å²) >= 11 is 0. The van der Waals surface area contributed by atoms with Crippen molar-refractivity contribution in [3.63, 3.8) is 0 Å². The number of carbonyl (C=O) groups excluding carboxylic acids is 1. The molecule has 1 aliphatic rings. The molecule has 132 valence electrons. The molecule has 1 aromatic heterocycles. The first kappa shape index (κ1) is 16.1. The van der Waals surface area contributed by atoms with Crippen LogP contribution in [-0.4, -0.2) is 22.5 Å². The number of aromatic nitrogens is 2. The number of amides is 1. The lowest BCUT2D eigenvalue weighted by Crippen LogP contribution is -2.13. The van der Waals surface area contributed by atoms with Crippen LogP contribution < -0.4 is 14.8 Å². The molecular formula is C19H16FN3O3. The standard InChI is InChI=1S/C19H16FN3O3/c1-12-8-18(22-23(12)10-14-4-2-3-5-15(14)20)21-19(24)13-6-7-16-17(9-13)26-11-25-16/h2-9H,10-11H2,1H3,(H,21,22,24). The van der Waals surface area contributed by atoms with E-state index in [1.807, 2.05) is 6.92 Å². The molecule has 26 heavy (non-hydrogen) atoms. The van der Waals surface area contributed by atoms with Gasteiger partial charge in [-0.15, -0.1) is 0 Å². The Morgan fingerprint density at radius 2 is 2.00 bits per heavy atom. The summed E-state index contributed by atoms with van der Waals surface area (Å²) < 4.78 is 26.0. The van der Waals surface area contributed by atoms with Crippen molar-refractivity contribution < 1.29 is 18.7 Å². The van der Waals surface area contributed by atoms with E-state index in [1.165, 1.54) is 6.07 Å². The van der Waals surface area contributed by atoms with Gasteiger partial charge in [-0.05, 0) is 31.2 Å². The van der Waals surface area contributed by atoms with Crippen LogP contribution in [0.25, 0.3) is 0 Å². The lowest BCUT2D eigenvalue weighted by atomic mass is 10.2. The number of aryl methyl sites for hydroxylation is 1. The number of fused-ring (bicyclic) bond motifs is 1. The maximum Gasteiger partial charge on any atom is 0.257 e. The van der Waals surface area contributed by atoms with E-state index < -0.39 is 0 Å². The number of nitrogens with zero attached hydrogens (tertiary/aromatic N) is 2. The van der Waals surface area contributed by atoms with Crippen molar-refractivity contribution in [3.8, 4) is 11.5 Å². The summed E-state index contributed by atoms with van der Waals surface area (Å²) in [6, 6.07) is 13.3. The molecule has 1 amide bonds. The molecular weight excluding hydrogens is 337 g/mol. The van der Waals surface area contributed by atoms with E-state index in [1.54, 1.807) is 47.1 Å². The van der Waals surface area contributed by atoms with Crippen LogP contribution in [0.4, 0.5) is 10.2 Å². The predicted molar refractivity (Wildman–Crippen MR) is 93.0 cm³/mol. The predicted octanol–water partition coefficient (Wildman–Crippen LogP) is 3.36. The topological polar surface area (TPSA) is 65.4 Å². The molecule has 6 nitrogen and oxygen atoms in total. The molecule has 0 unspecified atom stereocenters. The fourth-order valence-electron chi connectivity index (χ4n) is 2.75. The summed E-state index contributed by atoms with van der Waals surface area (Å²) in [6.45, 7) is 2.29. The Kier molecular flexibility index (Phi) is 4.04. The monoisotopic (exact) mass is 353 g/mol. The zero-order valence-electron chi connectivity index (χ0n) is 14.0. The van der Waals surface area contributed by atoms with Crippen LogP contribution in [0.5, 0.6) is 11.5 Å². The first-order chi connectivity index (χ1) is 12.6. The lowest BCUT2D eigenvalue weighted by molar-refractivity contribution is 0.102. The minimum Gasteiger partial charge on any atom is -0.454 e. The summed E-state index contributed by atoms with van der Waals surface area (Å²) in [6.07, 6.45) is 0. The van der Waals surface area contributed by atoms with Crippen LogP contribution in [0.1, 0.15) is 21.6 Å². The second-order valence-electron chi connectivity index (χ2n) is 5.94. The highest BCUT2D eigenvalue weighted by molar-refractivity contribution is 6.04. The normalized spacial score (nSPS) is 12.2. The zero-order chi connectivity index (χ0) is 18.1. The summed E-state index contributed by atoms with van der Waals surface area (Å²) in [5, 5.41) is 7.10. The van der Waals surface area contributed by atoms with Crippen molar-refractivity contribution in [1.29, 1.82) is 0 Å². The van der Waals surface area contributed by atoms with Crippen LogP contribution in [0.3, 0.4) is 0 Å². The Morgan fingerprint density at radius 1 is 1.19 bits per heavy atom. The van der Waals surface area contributed by atoms with Gasteiger partial charge < -0.3 is 14.8 Å². The Bertz CT molecular complexity index is 984. The molecule has 2 aromatic carbocycles. The molecule has 0 atom stereocenters. The first-order valence-corrected chi connectivity index (χ1v) is 8.09. The zero-order valence-corrected chi connectivity index (χ0v) is 14.0. The molecule has 0 radical (unpaired) electrons. The van der Waals surface area contributed by atoms with E-state index in [0.717, 1.165) is 5.69 Å². The fourth-order valence-corrected chi connectivity index (χ4v) is 2.75. The summed E-state index contributed by atoms with van der Waals surface area (Å²) in [7, 11) is 0. The van der Waals surface area contributed by atoms with Gasteiger partial charge in [0.05, 0.1) is 6.54 Å². The molecule has 7 heteroatoms. The van der Waals surface area contributed by atoms with E-state index in [2.05, 4.69) is 10.4 Å². The average Bonchev–Trinajstić information content (AvgIpc) is 3.23. The molecule has 0 fully saturated rings. The minimum atomic E-state index is -0.307. The maximum absolute atomic E-state index is 13.8. The van der Waals surface area contributed by atoms with Gasteiger partial charge in [-0.2, -0.15) is 5.10 Å². The highest BCUT2D eigenvalue weighted by Gasteiger charge is 2.17. The van der Waals surface area contributed by atoms with Gasteiger partial charge >= 0.3 is 0 Å². The number of nitrogens with one attached hydrogen (secondary N) is 1. The summed E-state index contributed by atoms with van der Waals surface area (Å²) in [5.41, 5.74) is 1.79. The molecule has 0 aliphatic carbocycles. The molecule has 0 saturated carbocycles. The summed E-state index contributed by atoms with van der Waals surface area (Å²) in [4.78, 5) is 12.4. The van der Waals surface area contributed by atoms with Gasteiger partial charge in [0, 0.05) is 22.9 Å². The van der Waals surface area contributed by atoms with Gasteiger partial charge in [0.1, 0.15) is 5.82 Å². The van der Waals surface area contributed by atoms with Crippen molar-refractivity contribution >= 4 is 11.7 Å². The van der Waals surface area contributed by atoms with Gasteiger partial charge in [-0.1, -0.05) is 18.2 Å². The fraction of sp³-hybridized carbons (Fsp3) is 0.158.